The van der Waals surface area contributed by atoms with Crippen LogP contribution in [0.2, 0.25) is 0 Å². The number of halogens is 1. The van der Waals surface area contributed by atoms with Crippen molar-refractivity contribution in [2.45, 2.75) is 6.61 Å². The standard InChI is InChI=1S/C24H17FN2O3S/c25-19-10-6-17(7-11-19)15-30-20-12-8-16(9-13-20)14-21-23(29)27-24(31-21)26-22(28)18-4-2-1-3-5-18/h1-14H,15H2,(H,26,27,28,29)/b21-14-. The van der Waals surface area contributed by atoms with Crippen LogP contribution in [0.25, 0.3) is 6.08 Å². The lowest BCUT2D eigenvalue weighted by Gasteiger charge is -2.06. The third-order valence-corrected chi connectivity index (χ3v) is 5.28. The average Bonchev–Trinajstić information content (AvgIpc) is 3.13. The van der Waals surface area contributed by atoms with Gasteiger partial charge in [-0.1, -0.05) is 42.5 Å². The molecule has 2 amide bonds. The Hall–Kier alpha value is -3.71. The summed E-state index contributed by atoms with van der Waals surface area (Å²) in [6, 6.07) is 22.0. The van der Waals surface area contributed by atoms with Crippen molar-refractivity contribution in [3.05, 3.63) is 106 Å². The maximum absolute atomic E-state index is 13.0. The van der Waals surface area contributed by atoms with Gasteiger partial charge in [0.1, 0.15) is 18.2 Å². The minimum absolute atomic E-state index is 0.254. The van der Waals surface area contributed by atoms with Crippen LogP contribution in [-0.2, 0) is 11.4 Å². The summed E-state index contributed by atoms with van der Waals surface area (Å²) >= 11 is 1.12. The van der Waals surface area contributed by atoms with Crippen LogP contribution in [0.15, 0.2) is 88.8 Å². The number of rotatable bonds is 5. The second-order valence-electron chi connectivity index (χ2n) is 6.64. The molecule has 5 nitrogen and oxygen atoms in total. The summed E-state index contributed by atoms with van der Waals surface area (Å²) in [5.41, 5.74) is 2.13. The Morgan fingerprint density at radius 3 is 2.42 bits per heavy atom. The fourth-order valence-corrected chi connectivity index (χ4v) is 3.60. The molecule has 3 aromatic rings. The van der Waals surface area contributed by atoms with Gasteiger partial charge in [0.15, 0.2) is 5.17 Å². The van der Waals surface area contributed by atoms with E-state index >= 15 is 0 Å². The number of hydrogen-bond donors (Lipinski definition) is 1. The summed E-state index contributed by atoms with van der Waals surface area (Å²) in [5, 5.41) is 2.87. The van der Waals surface area contributed by atoms with Crippen molar-refractivity contribution in [1.82, 2.24) is 5.32 Å². The lowest BCUT2D eigenvalue weighted by molar-refractivity contribution is -0.115. The van der Waals surface area contributed by atoms with Crippen molar-refractivity contribution in [3.63, 3.8) is 0 Å². The zero-order chi connectivity index (χ0) is 21.6. The topological polar surface area (TPSA) is 67.8 Å². The van der Waals surface area contributed by atoms with Gasteiger partial charge < -0.3 is 10.1 Å². The van der Waals surface area contributed by atoms with Crippen molar-refractivity contribution in [2.75, 3.05) is 0 Å². The first kappa shape index (κ1) is 20.6. The summed E-state index contributed by atoms with van der Waals surface area (Å²) in [6.07, 6.45) is 1.72. The number of nitrogens with one attached hydrogen (secondary N) is 1. The molecular formula is C24H17FN2O3S. The van der Waals surface area contributed by atoms with Crippen molar-refractivity contribution >= 4 is 34.8 Å². The number of aliphatic imine (C=N–C) groups is 1. The van der Waals surface area contributed by atoms with E-state index in [1.54, 1.807) is 54.6 Å². The lowest BCUT2D eigenvalue weighted by Crippen LogP contribution is -2.20. The first-order chi connectivity index (χ1) is 15.1. The molecule has 1 aliphatic rings. The number of thioether (sulfide) groups is 1. The first-order valence-corrected chi connectivity index (χ1v) is 10.2. The molecule has 0 aliphatic carbocycles. The molecule has 0 saturated carbocycles. The number of ether oxygens (including phenoxy) is 1. The van der Waals surface area contributed by atoms with E-state index in [2.05, 4.69) is 10.3 Å². The summed E-state index contributed by atoms with van der Waals surface area (Å²) in [5.74, 6) is -0.341. The molecule has 0 radical (unpaired) electrons. The van der Waals surface area contributed by atoms with E-state index in [9.17, 15) is 14.0 Å². The fourth-order valence-electron chi connectivity index (χ4n) is 2.78. The molecule has 0 aromatic heterocycles. The smallest absolute Gasteiger partial charge is 0.279 e. The quantitative estimate of drug-likeness (QED) is 0.588. The Bertz CT molecular complexity index is 1160. The number of amides is 2. The van der Waals surface area contributed by atoms with Gasteiger partial charge in [-0.3, -0.25) is 9.59 Å². The Labute approximate surface area is 182 Å². The second kappa shape index (κ2) is 9.40. The van der Waals surface area contributed by atoms with E-state index in [-0.39, 0.29) is 16.9 Å². The Morgan fingerprint density at radius 2 is 1.71 bits per heavy atom. The first-order valence-electron chi connectivity index (χ1n) is 9.43. The van der Waals surface area contributed by atoms with E-state index in [1.807, 2.05) is 18.2 Å². The number of hydrogen-bond acceptors (Lipinski definition) is 4. The summed E-state index contributed by atoms with van der Waals surface area (Å²) in [6.45, 7) is 0.328. The van der Waals surface area contributed by atoms with Crippen LogP contribution in [0, 0.1) is 5.82 Å². The molecule has 0 spiro atoms. The third kappa shape index (κ3) is 5.46. The van der Waals surface area contributed by atoms with Crippen LogP contribution < -0.4 is 10.1 Å². The normalized spacial score (nSPS) is 15.8. The molecule has 31 heavy (non-hydrogen) atoms. The summed E-state index contributed by atoms with van der Waals surface area (Å²) < 4.78 is 18.6. The Kier molecular flexibility index (Phi) is 6.24. The molecule has 0 unspecified atom stereocenters. The van der Waals surface area contributed by atoms with Crippen LogP contribution in [0.5, 0.6) is 5.75 Å². The zero-order valence-corrected chi connectivity index (χ0v) is 17.1. The molecular weight excluding hydrogens is 415 g/mol. The van der Waals surface area contributed by atoms with Gasteiger partial charge in [0.25, 0.3) is 11.8 Å². The van der Waals surface area contributed by atoms with Gasteiger partial charge in [0.2, 0.25) is 0 Å². The number of carbonyl (C=O) groups excluding carboxylic acids is 2. The number of nitrogens with zero attached hydrogens (tertiary/aromatic N) is 1. The molecule has 3 aromatic carbocycles. The van der Waals surface area contributed by atoms with Gasteiger partial charge in [0, 0.05) is 5.56 Å². The molecule has 1 heterocycles. The third-order valence-electron chi connectivity index (χ3n) is 4.37. The van der Waals surface area contributed by atoms with E-state index < -0.39 is 5.91 Å². The zero-order valence-electron chi connectivity index (χ0n) is 16.2. The molecule has 1 aliphatic heterocycles. The molecule has 0 atom stereocenters. The van der Waals surface area contributed by atoms with Crippen LogP contribution >= 0.6 is 11.8 Å². The predicted molar refractivity (Wildman–Crippen MR) is 119 cm³/mol. The maximum atomic E-state index is 13.0. The maximum Gasteiger partial charge on any atom is 0.279 e. The van der Waals surface area contributed by atoms with Crippen molar-refractivity contribution in [3.8, 4) is 5.75 Å². The monoisotopic (exact) mass is 432 g/mol. The van der Waals surface area contributed by atoms with Gasteiger partial charge in [-0.15, -0.1) is 0 Å². The highest BCUT2D eigenvalue weighted by Crippen LogP contribution is 2.27. The van der Waals surface area contributed by atoms with Crippen LogP contribution in [0.1, 0.15) is 21.5 Å². The summed E-state index contributed by atoms with van der Waals surface area (Å²) in [4.78, 5) is 28.8. The van der Waals surface area contributed by atoms with Gasteiger partial charge >= 0.3 is 0 Å². The second-order valence-corrected chi connectivity index (χ2v) is 7.67. The minimum atomic E-state index is -0.410. The van der Waals surface area contributed by atoms with Crippen molar-refractivity contribution in [2.24, 2.45) is 4.99 Å². The van der Waals surface area contributed by atoms with E-state index in [0.29, 0.717) is 22.8 Å². The molecule has 1 N–H and O–H groups in total. The van der Waals surface area contributed by atoms with E-state index in [0.717, 1.165) is 22.9 Å². The SMILES string of the molecule is O=C1NC(=NC(=O)c2ccccc2)S/C1=C\c1ccc(OCc2ccc(F)cc2)cc1. The van der Waals surface area contributed by atoms with Crippen molar-refractivity contribution < 1.29 is 18.7 Å². The number of benzene rings is 3. The molecule has 1 saturated heterocycles. The van der Waals surface area contributed by atoms with Crippen LogP contribution in [-0.4, -0.2) is 17.0 Å². The van der Waals surface area contributed by atoms with Gasteiger partial charge in [-0.05, 0) is 65.4 Å². The Morgan fingerprint density at radius 1 is 1.00 bits per heavy atom. The highest BCUT2D eigenvalue weighted by molar-refractivity contribution is 8.18. The number of amidine groups is 1. The molecule has 154 valence electrons. The van der Waals surface area contributed by atoms with E-state index in [4.69, 9.17) is 4.74 Å². The van der Waals surface area contributed by atoms with E-state index in [1.165, 1.54) is 12.1 Å². The minimum Gasteiger partial charge on any atom is -0.489 e. The fraction of sp³-hybridized carbons (Fsp3) is 0.0417. The Balaban J connectivity index is 1.39. The van der Waals surface area contributed by atoms with Crippen LogP contribution in [0.3, 0.4) is 0 Å². The van der Waals surface area contributed by atoms with Crippen molar-refractivity contribution in [1.29, 1.82) is 0 Å². The predicted octanol–water partition coefficient (Wildman–Crippen LogP) is 4.81. The van der Waals surface area contributed by atoms with Crippen LogP contribution in [0.4, 0.5) is 4.39 Å². The molecule has 1 fully saturated rings. The molecule has 7 heteroatoms. The van der Waals surface area contributed by atoms with Gasteiger partial charge in [0.05, 0.1) is 4.91 Å². The molecule has 4 rings (SSSR count). The number of carbonyl (C=O) groups is 2. The highest BCUT2D eigenvalue weighted by atomic mass is 32.2. The molecule has 0 bridgehead atoms. The average molecular weight is 432 g/mol. The summed E-state index contributed by atoms with van der Waals surface area (Å²) in [7, 11) is 0. The highest BCUT2D eigenvalue weighted by Gasteiger charge is 2.24. The lowest BCUT2D eigenvalue weighted by atomic mass is 10.2. The largest absolute Gasteiger partial charge is 0.489 e. The van der Waals surface area contributed by atoms with Gasteiger partial charge in [-0.2, -0.15) is 4.99 Å². The van der Waals surface area contributed by atoms with Gasteiger partial charge in [-0.25, -0.2) is 4.39 Å².